The number of carbonyl (C=O) groups excluding carboxylic acids is 1. The van der Waals surface area contributed by atoms with E-state index in [2.05, 4.69) is 0 Å². The Hall–Kier alpha value is -0.220. The van der Waals surface area contributed by atoms with E-state index in [4.69, 9.17) is 0 Å². The SMILES string of the molecule is C[N+]1(C)CSC[C@H]1C(=O)[O-]. The van der Waals surface area contributed by atoms with Crippen LogP contribution in [0.15, 0.2) is 0 Å². The number of hydrogen-bond acceptors (Lipinski definition) is 3. The summed E-state index contributed by atoms with van der Waals surface area (Å²) in [5, 5.41) is 10.5. The van der Waals surface area contributed by atoms with E-state index in [0.29, 0.717) is 10.2 Å². The highest BCUT2D eigenvalue weighted by Gasteiger charge is 2.35. The molecule has 0 amide bonds. The minimum atomic E-state index is -0.921. The normalized spacial score (nSPS) is 30.4. The lowest BCUT2D eigenvalue weighted by Crippen LogP contribution is -2.54. The number of carboxylic acid groups (broad SMARTS) is 1. The van der Waals surface area contributed by atoms with Crippen LogP contribution in [0, 0.1) is 0 Å². The molecule has 0 spiro atoms. The Bertz CT molecular complexity index is 158. The molecule has 1 aliphatic heterocycles. The van der Waals surface area contributed by atoms with E-state index in [1.807, 2.05) is 14.1 Å². The summed E-state index contributed by atoms with van der Waals surface area (Å²) in [6.45, 7) is 0. The van der Waals surface area contributed by atoms with E-state index in [0.717, 1.165) is 5.88 Å². The Morgan fingerprint density at radius 3 is 2.50 bits per heavy atom. The molecule has 58 valence electrons. The van der Waals surface area contributed by atoms with Crippen molar-refractivity contribution in [1.82, 2.24) is 0 Å². The van der Waals surface area contributed by atoms with Gasteiger partial charge in [-0.1, -0.05) is 11.8 Å². The van der Waals surface area contributed by atoms with Crippen LogP contribution in [-0.4, -0.2) is 42.2 Å². The van der Waals surface area contributed by atoms with Gasteiger partial charge in [-0.25, -0.2) is 0 Å². The summed E-state index contributed by atoms with van der Waals surface area (Å²) in [6, 6.07) is -0.315. The molecule has 0 bridgehead atoms. The number of nitrogens with zero attached hydrogens (tertiary/aromatic N) is 1. The summed E-state index contributed by atoms with van der Waals surface area (Å²) in [5.41, 5.74) is 0. The van der Waals surface area contributed by atoms with Crippen molar-refractivity contribution in [3.8, 4) is 0 Å². The smallest absolute Gasteiger partial charge is 0.139 e. The third-order valence-corrected chi connectivity index (χ3v) is 3.22. The largest absolute Gasteiger partial charge is 0.544 e. The Labute approximate surface area is 64.6 Å². The second-order valence-corrected chi connectivity index (χ2v) is 4.11. The molecule has 0 unspecified atom stereocenters. The molecule has 0 aliphatic carbocycles. The first kappa shape index (κ1) is 7.88. The average molecular weight is 161 g/mol. The summed E-state index contributed by atoms with van der Waals surface area (Å²) in [7, 11) is 3.83. The molecule has 1 saturated heterocycles. The Morgan fingerprint density at radius 2 is 2.30 bits per heavy atom. The number of carbonyl (C=O) groups is 1. The summed E-state index contributed by atoms with van der Waals surface area (Å²) in [5.74, 6) is 0.642. The lowest BCUT2D eigenvalue weighted by molar-refractivity contribution is -0.889. The molecule has 1 atom stereocenters. The summed E-state index contributed by atoms with van der Waals surface area (Å²) in [6.07, 6.45) is 0. The second-order valence-electron chi connectivity index (χ2n) is 3.11. The van der Waals surface area contributed by atoms with Crippen LogP contribution < -0.4 is 5.11 Å². The van der Waals surface area contributed by atoms with E-state index in [1.54, 1.807) is 11.8 Å². The van der Waals surface area contributed by atoms with Crippen LogP contribution in [-0.2, 0) is 4.79 Å². The first-order valence-corrected chi connectivity index (χ1v) is 4.31. The molecule has 0 radical (unpaired) electrons. The van der Waals surface area contributed by atoms with Crippen LogP contribution in [0.1, 0.15) is 0 Å². The van der Waals surface area contributed by atoms with Crippen molar-refractivity contribution in [3.05, 3.63) is 0 Å². The minimum absolute atomic E-state index is 0.315. The van der Waals surface area contributed by atoms with Crippen LogP contribution in [0.5, 0.6) is 0 Å². The molecule has 0 aromatic rings. The number of rotatable bonds is 1. The van der Waals surface area contributed by atoms with Crippen molar-refractivity contribution in [2.24, 2.45) is 0 Å². The van der Waals surface area contributed by atoms with E-state index < -0.39 is 5.97 Å². The van der Waals surface area contributed by atoms with Crippen LogP contribution >= 0.6 is 11.8 Å². The number of hydrogen-bond donors (Lipinski definition) is 0. The van der Waals surface area contributed by atoms with Crippen LogP contribution in [0.2, 0.25) is 0 Å². The van der Waals surface area contributed by atoms with Gasteiger partial charge in [-0.2, -0.15) is 0 Å². The number of carboxylic acids is 1. The van der Waals surface area contributed by atoms with Gasteiger partial charge >= 0.3 is 0 Å². The quantitative estimate of drug-likeness (QED) is 0.458. The molecule has 1 fully saturated rings. The van der Waals surface area contributed by atoms with E-state index in [-0.39, 0.29) is 6.04 Å². The summed E-state index contributed by atoms with van der Waals surface area (Å²) >= 11 is 1.67. The third kappa shape index (κ3) is 1.27. The van der Waals surface area contributed by atoms with Crippen molar-refractivity contribution in [1.29, 1.82) is 0 Å². The fourth-order valence-electron chi connectivity index (χ4n) is 1.04. The standard InChI is InChI=1S/C6H11NO2S/c1-7(2)4-10-3-5(7)6(8)9/h5H,3-4H2,1-2H3/t5-/m0/s1. The zero-order valence-corrected chi connectivity index (χ0v) is 6.98. The number of thioether (sulfide) groups is 1. The average Bonchev–Trinajstić information content (AvgIpc) is 2.08. The van der Waals surface area contributed by atoms with Crippen molar-refractivity contribution in [3.63, 3.8) is 0 Å². The lowest BCUT2D eigenvalue weighted by Gasteiger charge is -2.30. The van der Waals surface area contributed by atoms with E-state index >= 15 is 0 Å². The highest BCUT2D eigenvalue weighted by Crippen LogP contribution is 2.24. The van der Waals surface area contributed by atoms with Crippen LogP contribution in [0.25, 0.3) is 0 Å². The van der Waals surface area contributed by atoms with Crippen LogP contribution in [0.4, 0.5) is 0 Å². The molecule has 0 saturated carbocycles. The maximum atomic E-state index is 10.5. The molecule has 0 N–H and O–H groups in total. The zero-order chi connectivity index (χ0) is 7.78. The molecular formula is C6H11NO2S. The van der Waals surface area contributed by atoms with Gasteiger partial charge in [0.15, 0.2) is 0 Å². The Balaban J connectivity index is 2.68. The van der Waals surface area contributed by atoms with Gasteiger partial charge in [0, 0.05) is 0 Å². The van der Waals surface area contributed by atoms with Gasteiger partial charge in [0.05, 0.1) is 19.8 Å². The highest BCUT2D eigenvalue weighted by molar-refractivity contribution is 7.99. The number of quaternary nitrogens is 1. The molecule has 3 nitrogen and oxygen atoms in total. The maximum absolute atomic E-state index is 10.5. The predicted molar refractivity (Wildman–Crippen MR) is 38.2 cm³/mol. The van der Waals surface area contributed by atoms with Crippen molar-refractivity contribution < 1.29 is 14.4 Å². The maximum Gasteiger partial charge on any atom is 0.139 e. The molecule has 10 heavy (non-hydrogen) atoms. The van der Waals surface area contributed by atoms with Crippen LogP contribution in [0.3, 0.4) is 0 Å². The number of likely N-dealkylation sites (N-methyl/N-ethyl adjacent to an activating group) is 1. The molecule has 4 heteroatoms. The minimum Gasteiger partial charge on any atom is -0.544 e. The summed E-state index contributed by atoms with van der Waals surface area (Å²) in [4.78, 5) is 10.5. The van der Waals surface area contributed by atoms with Gasteiger partial charge in [0.25, 0.3) is 0 Å². The Morgan fingerprint density at radius 1 is 1.70 bits per heavy atom. The molecular weight excluding hydrogens is 150 g/mol. The van der Waals surface area contributed by atoms with E-state index in [9.17, 15) is 9.90 Å². The van der Waals surface area contributed by atoms with Gasteiger partial charge in [0.2, 0.25) is 0 Å². The fourth-order valence-corrected chi connectivity index (χ4v) is 2.56. The summed E-state index contributed by atoms with van der Waals surface area (Å²) < 4.78 is 0.549. The van der Waals surface area contributed by atoms with Gasteiger partial charge in [-0.3, -0.25) is 0 Å². The third-order valence-electron chi connectivity index (χ3n) is 1.82. The highest BCUT2D eigenvalue weighted by atomic mass is 32.2. The van der Waals surface area contributed by atoms with Gasteiger partial charge in [-0.15, -0.1) is 0 Å². The predicted octanol–water partition coefficient (Wildman–Crippen LogP) is -1.11. The first-order chi connectivity index (χ1) is 4.54. The molecule has 1 rings (SSSR count). The number of aliphatic carboxylic acids is 1. The lowest BCUT2D eigenvalue weighted by atomic mass is 10.3. The molecule has 1 aliphatic rings. The van der Waals surface area contributed by atoms with Gasteiger partial charge in [-0.05, 0) is 0 Å². The van der Waals surface area contributed by atoms with E-state index in [1.165, 1.54) is 0 Å². The molecule has 0 aromatic heterocycles. The monoisotopic (exact) mass is 161 g/mol. The topological polar surface area (TPSA) is 40.1 Å². The molecule has 1 heterocycles. The molecule has 0 aromatic carbocycles. The second kappa shape index (κ2) is 2.43. The van der Waals surface area contributed by atoms with Crippen molar-refractivity contribution in [2.75, 3.05) is 25.7 Å². The van der Waals surface area contributed by atoms with Gasteiger partial charge < -0.3 is 14.4 Å². The fraction of sp³-hybridized carbons (Fsp3) is 0.833. The first-order valence-electron chi connectivity index (χ1n) is 3.15. The Kier molecular flexibility index (Phi) is 1.92. The van der Waals surface area contributed by atoms with Gasteiger partial charge in [0.1, 0.15) is 17.9 Å². The zero-order valence-electron chi connectivity index (χ0n) is 6.16. The van der Waals surface area contributed by atoms with Crippen molar-refractivity contribution >= 4 is 17.7 Å². The van der Waals surface area contributed by atoms with Crippen molar-refractivity contribution in [2.45, 2.75) is 6.04 Å².